The predicted octanol–water partition coefficient (Wildman–Crippen LogP) is 4.33. The average molecular weight is 401 g/mol. The molecule has 6 nitrogen and oxygen atoms in total. The number of nitrogens with zero attached hydrogens (tertiary/aromatic N) is 4. The fourth-order valence-corrected chi connectivity index (χ4v) is 2.54. The fourth-order valence-electron chi connectivity index (χ4n) is 2.42. The molecule has 1 aromatic heterocycles. The molecule has 0 radical (unpaired) electrons. The lowest BCUT2D eigenvalue weighted by molar-refractivity contribution is 0.313. The Hall–Kier alpha value is -3.19. The standard InChI is InChI=1S/C20H18ClFN4O2/c1-26(13-15-3-7-16(21)8-4-15)19-18(22)12-23-20(25-19)28-24-11-14-5-9-17(27-2)10-6-14/h3-12H,13H2,1-2H3/b24-11+. The molecule has 3 rings (SSSR count). The maximum atomic E-state index is 14.2. The molecule has 0 aliphatic rings. The van der Waals surface area contributed by atoms with Crippen LogP contribution in [0.2, 0.25) is 5.02 Å². The van der Waals surface area contributed by atoms with Gasteiger partial charge in [0.1, 0.15) is 5.75 Å². The van der Waals surface area contributed by atoms with Gasteiger partial charge in [-0.15, -0.1) is 0 Å². The molecule has 0 aliphatic carbocycles. The number of oxime groups is 1. The molecule has 0 saturated carbocycles. The molecule has 2 aromatic carbocycles. The summed E-state index contributed by atoms with van der Waals surface area (Å²) in [5, 5.41) is 4.49. The van der Waals surface area contributed by atoms with Gasteiger partial charge in [-0.1, -0.05) is 28.9 Å². The number of hydrogen-bond donors (Lipinski definition) is 0. The van der Waals surface area contributed by atoms with E-state index in [0.29, 0.717) is 11.6 Å². The predicted molar refractivity (Wildman–Crippen MR) is 107 cm³/mol. The molecule has 144 valence electrons. The van der Waals surface area contributed by atoms with Crippen LogP contribution in [0.25, 0.3) is 0 Å². The topological polar surface area (TPSA) is 59.8 Å². The molecular weight excluding hydrogens is 383 g/mol. The average Bonchev–Trinajstić information content (AvgIpc) is 2.71. The Morgan fingerprint density at radius 1 is 1.14 bits per heavy atom. The summed E-state index contributed by atoms with van der Waals surface area (Å²) in [5.74, 6) is 0.302. The highest BCUT2D eigenvalue weighted by Crippen LogP contribution is 2.20. The van der Waals surface area contributed by atoms with E-state index in [4.69, 9.17) is 21.2 Å². The van der Waals surface area contributed by atoms with Crippen molar-refractivity contribution in [3.05, 3.63) is 76.7 Å². The number of benzene rings is 2. The van der Waals surface area contributed by atoms with Crippen LogP contribution in [0.1, 0.15) is 11.1 Å². The minimum atomic E-state index is -0.553. The van der Waals surface area contributed by atoms with Crippen molar-refractivity contribution in [1.82, 2.24) is 9.97 Å². The van der Waals surface area contributed by atoms with Crippen LogP contribution in [0.4, 0.5) is 10.2 Å². The highest BCUT2D eigenvalue weighted by molar-refractivity contribution is 6.30. The maximum Gasteiger partial charge on any atom is 0.347 e. The molecule has 0 atom stereocenters. The van der Waals surface area contributed by atoms with E-state index in [1.54, 1.807) is 43.3 Å². The SMILES string of the molecule is COc1ccc(/C=N/Oc2ncc(F)c(N(C)Cc3ccc(Cl)cc3)n2)cc1. The fraction of sp³-hybridized carbons (Fsp3) is 0.150. The Morgan fingerprint density at radius 2 is 1.86 bits per heavy atom. The lowest BCUT2D eigenvalue weighted by Gasteiger charge is -2.18. The summed E-state index contributed by atoms with van der Waals surface area (Å²) in [4.78, 5) is 14.8. The first-order valence-electron chi connectivity index (χ1n) is 8.37. The Bertz CT molecular complexity index is 949. The number of aromatic nitrogens is 2. The molecule has 1 heterocycles. The Kier molecular flexibility index (Phi) is 6.39. The van der Waals surface area contributed by atoms with E-state index >= 15 is 0 Å². The maximum absolute atomic E-state index is 14.2. The van der Waals surface area contributed by atoms with Crippen LogP contribution >= 0.6 is 11.6 Å². The van der Waals surface area contributed by atoms with Gasteiger partial charge >= 0.3 is 6.01 Å². The smallest absolute Gasteiger partial charge is 0.347 e. The number of anilines is 1. The summed E-state index contributed by atoms with van der Waals surface area (Å²) < 4.78 is 19.2. The molecule has 0 aliphatic heterocycles. The van der Waals surface area contributed by atoms with Gasteiger partial charge in [-0.2, -0.15) is 9.97 Å². The normalized spacial score (nSPS) is 10.9. The third kappa shape index (κ3) is 5.17. The van der Waals surface area contributed by atoms with Crippen LogP contribution < -0.4 is 14.5 Å². The van der Waals surface area contributed by atoms with E-state index in [-0.39, 0.29) is 11.8 Å². The molecule has 3 aromatic rings. The Labute approximate surface area is 167 Å². The third-order valence-corrected chi connectivity index (χ3v) is 4.10. The quantitative estimate of drug-likeness (QED) is 0.436. The first-order chi connectivity index (χ1) is 13.5. The van der Waals surface area contributed by atoms with E-state index in [1.165, 1.54) is 6.21 Å². The minimum Gasteiger partial charge on any atom is -0.497 e. The number of halogens is 2. The van der Waals surface area contributed by atoms with Gasteiger partial charge in [-0.3, -0.25) is 0 Å². The summed E-state index contributed by atoms with van der Waals surface area (Å²) in [6.45, 7) is 0.444. The lowest BCUT2D eigenvalue weighted by Crippen LogP contribution is -2.19. The van der Waals surface area contributed by atoms with Gasteiger partial charge in [0.25, 0.3) is 0 Å². The molecule has 0 fully saturated rings. The summed E-state index contributed by atoms with van der Waals surface area (Å²) in [6, 6.07) is 14.5. The summed E-state index contributed by atoms with van der Waals surface area (Å²) in [5.41, 5.74) is 1.77. The second-order valence-electron chi connectivity index (χ2n) is 5.91. The Balaban J connectivity index is 1.67. The molecule has 0 unspecified atom stereocenters. The zero-order valence-electron chi connectivity index (χ0n) is 15.3. The van der Waals surface area contributed by atoms with Crippen molar-refractivity contribution in [2.45, 2.75) is 6.54 Å². The molecule has 0 bridgehead atoms. The monoisotopic (exact) mass is 400 g/mol. The first kappa shape index (κ1) is 19.6. The second kappa shape index (κ2) is 9.14. The zero-order chi connectivity index (χ0) is 19.9. The first-order valence-corrected chi connectivity index (χ1v) is 8.75. The number of methoxy groups -OCH3 is 1. The van der Waals surface area contributed by atoms with Crippen LogP contribution in [0.5, 0.6) is 11.8 Å². The van der Waals surface area contributed by atoms with Gasteiger partial charge < -0.3 is 14.5 Å². The zero-order valence-corrected chi connectivity index (χ0v) is 16.1. The van der Waals surface area contributed by atoms with Crippen LogP contribution in [-0.2, 0) is 6.54 Å². The van der Waals surface area contributed by atoms with Crippen LogP contribution in [0.3, 0.4) is 0 Å². The number of rotatable bonds is 7. The highest BCUT2D eigenvalue weighted by atomic mass is 35.5. The molecule has 28 heavy (non-hydrogen) atoms. The van der Waals surface area contributed by atoms with Crippen molar-refractivity contribution in [3.63, 3.8) is 0 Å². The van der Waals surface area contributed by atoms with Gasteiger partial charge in [0.2, 0.25) is 0 Å². The molecule has 0 amide bonds. The number of ether oxygens (including phenoxy) is 1. The van der Waals surface area contributed by atoms with Gasteiger partial charge in [0, 0.05) is 18.6 Å². The van der Waals surface area contributed by atoms with E-state index in [1.807, 2.05) is 24.3 Å². The Morgan fingerprint density at radius 3 is 2.54 bits per heavy atom. The van der Waals surface area contributed by atoms with Gasteiger partial charge in [-0.05, 0) is 47.5 Å². The van der Waals surface area contributed by atoms with Gasteiger partial charge in [0.05, 0.1) is 19.5 Å². The van der Waals surface area contributed by atoms with Crippen molar-refractivity contribution in [1.29, 1.82) is 0 Å². The molecular formula is C20H18ClFN4O2. The van der Waals surface area contributed by atoms with Crippen molar-refractivity contribution >= 4 is 23.6 Å². The van der Waals surface area contributed by atoms with E-state index in [0.717, 1.165) is 23.1 Å². The molecule has 0 saturated heterocycles. The van der Waals surface area contributed by atoms with Crippen LogP contribution in [0.15, 0.2) is 59.9 Å². The van der Waals surface area contributed by atoms with Crippen molar-refractivity contribution in [2.24, 2.45) is 5.16 Å². The van der Waals surface area contributed by atoms with Crippen molar-refractivity contribution in [3.8, 4) is 11.8 Å². The summed E-state index contributed by atoms with van der Waals surface area (Å²) in [6.07, 6.45) is 2.56. The second-order valence-corrected chi connectivity index (χ2v) is 6.34. The number of hydrogen-bond acceptors (Lipinski definition) is 6. The summed E-state index contributed by atoms with van der Waals surface area (Å²) in [7, 11) is 3.32. The minimum absolute atomic E-state index is 0.0517. The van der Waals surface area contributed by atoms with Crippen LogP contribution in [-0.4, -0.2) is 30.3 Å². The highest BCUT2D eigenvalue weighted by Gasteiger charge is 2.13. The lowest BCUT2D eigenvalue weighted by atomic mass is 10.2. The summed E-state index contributed by atoms with van der Waals surface area (Å²) >= 11 is 5.89. The van der Waals surface area contributed by atoms with Crippen LogP contribution in [0, 0.1) is 5.82 Å². The van der Waals surface area contributed by atoms with E-state index < -0.39 is 5.82 Å². The third-order valence-electron chi connectivity index (χ3n) is 3.85. The van der Waals surface area contributed by atoms with Crippen molar-refractivity contribution < 1.29 is 14.0 Å². The van der Waals surface area contributed by atoms with E-state index in [9.17, 15) is 4.39 Å². The largest absolute Gasteiger partial charge is 0.497 e. The van der Waals surface area contributed by atoms with E-state index in [2.05, 4.69) is 15.1 Å². The molecule has 0 N–H and O–H groups in total. The van der Waals surface area contributed by atoms with Crippen molar-refractivity contribution in [2.75, 3.05) is 19.1 Å². The molecule has 0 spiro atoms. The van der Waals surface area contributed by atoms with Gasteiger partial charge in [-0.25, -0.2) is 4.39 Å². The van der Waals surface area contributed by atoms with Gasteiger partial charge in [0.15, 0.2) is 11.6 Å². The molecule has 8 heteroatoms.